The van der Waals surface area contributed by atoms with E-state index in [1.165, 1.54) is 12.1 Å². The number of aryl methyl sites for hydroxylation is 1. The summed E-state index contributed by atoms with van der Waals surface area (Å²) in [6.07, 6.45) is 0. The molecule has 0 fully saturated rings. The van der Waals surface area contributed by atoms with Crippen LogP contribution in [0.25, 0.3) is 28.0 Å². The lowest BCUT2D eigenvalue weighted by Crippen LogP contribution is -1.99. The molecule has 0 saturated carbocycles. The molecule has 2 aromatic carbocycles. The highest BCUT2D eigenvalue weighted by atomic mass is 19.1. The lowest BCUT2D eigenvalue weighted by Gasteiger charge is -2.08. The fraction of sp³-hybridized carbons (Fsp3) is 0.0556. The molecule has 4 aromatic rings. The van der Waals surface area contributed by atoms with Gasteiger partial charge in [-0.25, -0.2) is 4.39 Å². The second-order valence-electron chi connectivity index (χ2n) is 5.30. The monoisotopic (exact) mass is 304 g/mol. The Morgan fingerprint density at radius 1 is 0.870 bits per heavy atom. The van der Waals surface area contributed by atoms with Crippen LogP contribution in [0.3, 0.4) is 0 Å². The maximum Gasteiger partial charge on any atom is 0.185 e. The summed E-state index contributed by atoms with van der Waals surface area (Å²) in [5.74, 6) is 0.444. The van der Waals surface area contributed by atoms with Gasteiger partial charge in [-0.3, -0.25) is 0 Å². The normalized spacial score (nSPS) is 11.0. The molecule has 5 heteroatoms. The molecule has 4 rings (SSSR count). The number of hydrogen-bond donors (Lipinski definition) is 0. The lowest BCUT2D eigenvalue weighted by molar-refractivity contribution is 0.628. The second-order valence-corrected chi connectivity index (χ2v) is 5.30. The van der Waals surface area contributed by atoms with Crippen molar-refractivity contribution in [2.24, 2.45) is 0 Å². The molecule has 2 aromatic heterocycles. The molecule has 4 nitrogen and oxygen atoms in total. The van der Waals surface area contributed by atoms with E-state index in [0.717, 1.165) is 22.4 Å². The average molecular weight is 304 g/mol. The van der Waals surface area contributed by atoms with Crippen LogP contribution in [-0.4, -0.2) is 19.8 Å². The summed E-state index contributed by atoms with van der Waals surface area (Å²) < 4.78 is 14.9. The number of aromatic nitrogens is 4. The number of rotatable bonds is 2. The molecular formula is C18H13FN4. The highest BCUT2D eigenvalue weighted by Crippen LogP contribution is 2.28. The van der Waals surface area contributed by atoms with Crippen LogP contribution in [0.1, 0.15) is 5.82 Å². The van der Waals surface area contributed by atoms with Gasteiger partial charge in [0.05, 0.1) is 5.69 Å². The number of halogens is 1. The van der Waals surface area contributed by atoms with Crippen molar-refractivity contribution >= 4 is 5.65 Å². The van der Waals surface area contributed by atoms with E-state index in [0.29, 0.717) is 11.5 Å². The zero-order valence-corrected chi connectivity index (χ0v) is 12.4. The summed E-state index contributed by atoms with van der Waals surface area (Å²) in [5, 5.41) is 12.9. The maximum absolute atomic E-state index is 13.2. The molecule has 0 spiro atoms. The number of nitrogens with zero attached hydrogens (tertiary/aromatic N) is 4. The minimum absolute atomic E-state index is 0.265. The summed E-state index contributed by atoms with van der Waals surface area (Å²) in [6, 6.07) is 18.2. The smallest absolute Gasteiger partial charge is 0.185 e. The molecule has 0 bridgehead atoms. The summed E-state index contributed by atoms with van der Waals surface area (Å²) >= 11 is 0. The molecule has 0 atom stereocenters. The summed E-state index contributed by atoms with van der Waals surface area (Å²) in [6.45, 7) is 1.86. The van der Waals surface area contributed by atoms with E-state index in [1.807, 2.05) is 43.3 Å². The topological polar surface area (TPSA) is 43.1 Å². The third kappa shape index (κ3) is 2.36. The summed E-state index contributed by atoms with van der Waals surface area (Å²) in [7, 11) is 0. The number of hydrogen-bond acceptors (Lipinski definition) is 3. The quantitative estimate of drug-likeness (QED) is 0.564. The van der Waals surface area contributed by atoms with Gasteiger partial charge in [0.2, 0.25) is 0 Å². The Bertz CT molecular complexity index is 975. The molecule has 112 valence electrons. The first-order valence-electron chi connectivity index (χ1n) is 7.27. The predicted octanol–water partition coefficient (Wildman–Crippen LogP) is 3.91. The van der Waals surface area contributed by atoms with Crippen molar-refractivity contribution in [2.75, 3.05) is 0 Å². The molecule has 0 saturated heterocycles. The van der Waals surface area contributed by atoms with E-state index in [1.54, 1.807) is 16.6 Å². The third-order valence-electron chi connectivity index (χ3n) is 3.75. The molecule has 0 N–H and O–H groups in total. The molecule has 23 heavy (non-hydrogen) atoms. The van der Waals surface area contributed by atoms with Gasteiger partial charge in [-0.05, 0) is 42.8 Å². The van der Waals surface area contributed by atoms with Crippen LogP contribution < -0.4 is 0 Å². The van der Waals surface area contributed by atoms with Crippen LogP contribution in [0.2, 0.25) is 0 Å². The minimum atomic E-state index is -0.265. The minimum Gasteiger partial charge on any atom is -0.207 e. The molecule has 0 radical (unpaired) electrons. The van der Waals surface area contributed by atoms with Crippen molar-refractivity contribution in [2.45, 2.75) is 6.92 Å². The van der Waals surface area contributed by atoms with Crippen LogP contribution in [0.15, 0.2) is 60.7 Å². The van der Waals surface area contributed by atoms with E-state index in [4.69, 9.17) is 0 Å². The Morgan fingerprint density at radius 3 is 2.35 bits per heavy atom. The molecule has 0 aliphatic rings. The van der Waals surface area contributed by atoms with Gasteiger partial charge in [0.1, 0.15) is 5.82 Å². The van der Waals surface area contributed by atoms with Crippen LogP contribution >= 0.6 is 0 Å². The van der Waals surface area contributed by atoms with E-state index >= 15 is 0 Å². The van der Waals surface area contributed by atoms with Crippen molar-refractivity contribution in [3.05, 3.63) is 72.3 Å². The maximum atomic E-state index is 13.2. The van der Waals surface area contributed by atoms with Gasteiger partial charge in [-0.2, -0.15) is 9.61 Å². The van der Waals surface area contributed by atoms with Crippen molar-refractivity contribution in [3.8, 4) is 22.4 Å². The van der Waals surface area contributed by atoms with Gasteiger partial charge in [0, 0.05) is 11.1 Å². The van der Waals surface area contributed by atoms with E-state index in [2.05, 4.69) is 15.3 Å². The molecule has 0 aliphatic heterocycles. The van der Waals surface area contributed by atoms with E-state index < -0.39 is 0 Å². The van der Waals surface area contributed by atoms with Gasteiger partial charge in [0.25, 0.3) is 0 Å². The van der Waals surface area contributed by atoms with Crippen molar-refractivity contribution in [1.82, 2.24) is 19.8 Å². The Morgan fingerprint density at radius 2 is 1.61 bits per heavy atom. The van der Waals surface area contributed by atoms with Gasteiger partial charge in [0.15, 0.2) is 11.5 Å². The van der Waals surface area contributed by atoms with Gasteiger partial charge in [-0.15, -0.1) is 10.2 Å². The Kier molecular flexibility index (Phi) is 3.12. The Labute approximate surface area is 132 Å². The molecule has 2 heterocycles. The van der Waals surface area contributed by atoms with Crippen molar-refractivity contribution in [3.63, 3.8) is 0 Å². The first-order chi connectivity index (χ1) is 11.2. The van der Waals surface area contributed by atoms with Crippen LogP contribution in [0.4, 0.5) is 4.39 Å². The summed E-state index contributed by atoms with van der Waals surface area (Å²) in [4.78, 5) is 0. The van der Waals surface area contributed by atoms with Crippen LogP contribution in [0, 0.1) is 12.7 Å². The van der Waals surface area contributed by atoms with Gasteiger partial charge in [-0.1, -0.05) is 30.3 Å². The summed E-state index contributed by atoms with van der Waals surface area (Å²) in [5.41, 5.74) is 4.29. The van der Waals surface area contributed by atoms with Gasteiger partial charge >= 0.3 is 0 Å². The number of benzene rings is 2. The van der Waals surface area contributed by atoms with Crippen LogP contribution in [0.5, 0.6) is 0 Å². The standard InChI is InChI=1S/C18H13FN4/c1-12-20-21-18-16(13-5-3-2-4-6-13)11-17(22-23(12)18)14-7-9-15(19)10-8-14/h2-11H,1H3. The van der Waals surface area contributed by atoms with Crippen molar-refractivity contribution < 1.29 is 4.39 Å². The second kappa shape index (κ2) is 5.28. The highest BCUT2D eigenvalue weighted by Gasteiger charge is 2.13. The van der Waals surface area contributed by atoms with E-state index in [-0.39, 0.29) is 5.82 Å². The largest absolute Gasteiger partial charge is 0.207 e. The first-order valence-corrected chi connectivity index (χ1v) is 7.27. The Hall–Kier alpha value is -3.08. The number of fused-ring (bicyclic) bond motifs is 1. The zero-order valence-electron chi connectivity index (χ0n) is 12.4. The Balaban J connectivity index is 2.00. The molecule has 0 unspecified atom stereocenters. The lowest BCUT2D eigenvalue weighted by atomic mass is 10.0. The van der Waals surface area contributed by atoms with E-state index in [9.17, 15) is 4.39 Å². The zero-order chi connectivity index (χ0) is 15.8. The fourth-order valence-electron chi connectivity index (χ4n) is 2.58. The average Bonchev–Trinajstić information content (AvgIpc) is 2.97. The first kappa shape index (κ1) is 13.6. The highest BCUT2D eigenvalue weighted by molar-refractivity contribution is 5.80. The molecule has 0 aliphatic carbocycles. The predicted molar refractivity (Wildman–Crippen MR) is 86.3 cm³/mol. The third-order valence-corrected chi connectivity index (χ3v) is 3.75. The van der Waals surface area contributed by atoms with Crippen LogP contribution in [-0.2, 0) is 0 Å². The fourth-order valence-corrected chi connectivity index (χ4v) is 2.58. The van der Waals surface area contributed by atoms with Crippen molar-refractivity contribution in [1.29, 1.82) is 0 Å². The molecule has 0 amide bonds. The molecular weight excluding hydrogens is 291 g/mol. The van der Waals surface area contributed by atoms with Gasteiger partial charge < -0.3 is 0 Å². The SMILES string of the molecule is Cc1nnc2c(-c3ccccc3)cc(-c3ccc(F)cc3)nn12.